The van der Waals surface area contributed by atoms with Crippen LogP contribution in [-0.2, 0) is 0 Å². The highest BCUT2D eigenvalue weighted by Crippen LogP contribution is 2.21. The summed E-state index contributed by atoms with van der Waals surface area (Å²) in [6.07, 6.45) is 0. The van der Waals surface area contributed by atoms with E-state index in [2.05, 4.69) is 10.2 Å². The first kappa shape index (κ1) is 15.9. The van der Waals surface area contributed by atoms with E-state index >= 15 is 0 Å². The zero-order valence-corrected chi connectivity index (χ0v) is 13.4. The summed E-state index contributed by atoms with van der Waals surface area (Å²) in [5.41, 5.74) is 2.38. The molecule has 1 heterocycles. The fraction of sp³-hybridized carbons (Fsp3) is 0.167. The monoisotopic (exact) mass is 325 g/mol. The van der Waals surface area contributed by atoms with E-state index in [9.17, 15) is 9.18 Å². The topological polar surface area (TPSA) is 59.2 Å². The van der Waals surface area contributed by atoms with E-state index < -0.39 is 0 Å². The smallest absolute Gasteiger partial charge is 0.315 e. The SMILES string of the molecule is CCN(C(=O)c1nnc(-c2ccc(F)cc2)o1)c1cccc(C)c1. The van der Waals surface area contributed by atoms with Gasteiger partial charge in [0.1, 0.15) is 5.82 Å². The summed E-state index contributed by atoms with van der Waals surface area (Å²) in [6, 6.07) is 13.3. The maximum atomic E-state index is 13.0. The second-order valence-electron chi connectivity index (χ2n) is 5.31. The Balaban J connectivity index is 1.88. The Morgan fingerprint density at radius 1 is 1.17 bits per heavy atom. The van der Waals surface area contributed by atoms with Crippen LogP contribution in [-0.4, -0.2) is 22.6 Å². The van der Waals surface area contributed by atoms with Crippen LogP contribution < -0.4 is 4.90 Å². The Morgan fingerprint density at radius 3 is 2.58 bits per heavy atom. The molecule has 0 bridgehead atoms. The van der Waals surface area contributed by atoms with Gasteiger partial charge < -0.3 is 9.32 Å². The number of halogens is 1. The fourth-order valence-electron chi connectivity index (χ4n) is 2.37. The maximum absolute atomic E-state index is 13.0. The summed E-state index contributed by atoms with van der Waals surface area (Å²) in [4.78, 5) is 14.2. The maximum Gasteiger partial charge on any atom is 0.315 e. The molecule has 0 aliphatic carbocycles. The lowest BCUT2D eigenvalue weighted by Crippen LogP contribution is -2.30. The fourth-order valence-corrected chi connectivity index (χ4v) is 2.37. The van der Waals surface area contributed by atoms with E-state index in [1.165, 1.54) is 24.3 Å². The number of hydrogen-bond donors (Lipinski definition) is 0. The van der Waals surface area contributed by atoms with Gasteiger partial charge in [0.25, 0.3) is 0 Å². The van der Waals surface area contributed by atoms with Crippen molar-refractivity contribution in [2.75, 3.05) is 11.4 Å². The van der Waals surface area contributed by atoms with Crippen molar-refractivity contribution >= 4 is 11.6 Å². The highest BCUT2D eigenvalue weighted by Gasteiger charge is 2.22. The van der Waals surface area contributed by atoms with Gasteiger partial charge in [0.15, 0.2) is 0 Å². The minimum Gasteiger partial charge on any atom is -0.412 e. The minimum atomic E-state index is -0.371. The highest BCUT2D eigenvalue weighted by molar-refractivity contribution is 6.03. The average molecular weight is 325 g/mol. The molecule has 1 amide bonds. The Kier molecular flexibility index (Phi) is 4.37. The van der Waals surface area contributed by atoms with Crippen molar-refractivity contribution in [2.45, 2.75) is 13.8 Å². The van der Waals surface area contributed by atoms with Gasteiger partial charge in [0.05, 0.1) is 0 Å². The van der Waals surface area contributed by atoms with Gasteiger partial charge in [-0.15, -0.1) is 10.2 Å². The predicted molar refractivity (Wildman–Crippen MR) is 88.2 cm³/mol. The summed E-state index contributed by atoms with van der Waals surface area (Å²) in [7, 11) is 0. The minimum absolute atomic E-state index is 0.0994. The van der Waals surface area contributed by atoms with Gasteiger partial charge in [-0.1, -0.05) is 12.1 Å². The lowest BCUT2D eigenvalue weighted by molar-refractivity contribution is 0.0955. The molecule has 0 aliphatic rings. The van der Waals surface area contributed by atoms with E-state index in [-0.39, 0.29) is 23.5 Å². The Bertz CT molecular complexity index is 859. The van der Waals surface area contributed by atoms with Gasteiger partial charge in [-0.2, -0.15) is 0 Å². The van der Waals surface area contributed by atoms with Crippen molar-refractivity contribution in [2.24, 2.45) is 0 Å². The third-order valence-corrected chi connectivity index (χ3v) is 3.57. The van der Waals surface area contributed by atoms with Gasteiger partial charge in [-0.05, 0) is 55.8 Å². The molecule has 5 nitrogen and oxygen atoms in total. The Morgan fingerprint density at radius 2 is 1.92 bits per heavy atom. The van der Waals surface area contributed by atoms with Crippen molar-refractivity contribution in [3.8, 4) is 11.5 Å². The molecular weight excluding hydrogens is 309 g/mol. The van der Waals surface area contributed by atoms with Gasteiger partial charge in [-0.3, -0.25) is 4.79 Å². The van der Waals surface area contributed by atoms with Gasteiger partial charge in [0.2, 0.25) is 5.89 Å². The first-order chi connectivity index (χ1) is 11.6. The number of aromatic nitrogens is 2. The Labute approximate surface area is 138 Å². The molecule has 0 atom stereocenters. The van der Waals surface area contributed by atoms with Gasteiger partial charge in [-0.25, -0.2) is 4.39 Å². The molecule has 0 radical (unpaired) electrons. The molecule has 0 saturated carbocycles. The van der Waals surface area contributed by atoms with Crippen LogP contribution >= 0.6 is 0 Å². The molecule has 3 rings (SSSR count). The molecule has 0 saturated heterocycles. The molecule has 0 N–H and O–H groups in total. The van der Waals surface area contributed by atoms with Crippen LogP contribution in [0.4, 0.5) is 10.1 Å². The van der Waals surface area contributed by atoms with Crippen LogP contribution in [0.15, 0.2) is 52.9 Å². The summed E-state index contributed by atoms with van der Waals surface area (Å²) in [5.74, 6) is -0.647. The van der Waals surface area contributed by atoms with Crippen molar-refractivity contribution in [3.05, 3.63) is 65.8 Å². The third-order valence-electron chi connectivity index (χ3n) is 3.57. The van der Waals surface area contributed by atoms with Gasteiger partial charge >= 0.3 is 11.8 Å². The number of amides is 1. The zero-order chi connectivity index (χ0) is 17.1. The molecule has 6 heteroatoms. The second-order valence-corrected chi connectivity index (χ2v) is 5.31. The number of hydrogen-bond acceptors (Lipinski definition) is 4. The zero-order valence-electron chi connectivity index (χ0n) is 13.4. The quantitative estimate of drug-likeness (QED) is 0.731. The standard InChI is InChI=1S/C18H16FN3O2/c1-3-22(15-6-4-5-12(2)11-15)18(23)17-21-20-16(24-17)13-7-9-14(19)10-8-13/h4-11H,3H2,1-2H3. The second kappa shape index (κ2) is 6.62. The lowest BCUT2D eigenvalue weighted by atomic mass is 10.2. The van der Waals surface area contributed by atoms with Crippen molar-refractivity contribution in [1.29, 1.82) is 0 Å². The molecule has 0 spiro atoms. The summed E-state index contributed by atoms with van der Waals surface area (Å²) in [5, 5.41) is 7.71. The van der Waals surface area contributed by atoms with Crippen LogP contribution in [0.3, 0.4) is 0 Å². The summed E-state index contributed by atoms with van der Waals surface area (Å²) >= 11 is 0. The Hall–Kier alpha value is -3.02. The first-order valence-corrected chi connectivity index (χ1v) is 7.56. The third kappa shape index (κ3) is 3.17. The molecular formula is C18H16FN3O2. The van der Waals surface area contributed by atoms with Gasteiger partial charge in [0, 0.05) is 17.8 Å². The predicted octanol–water partition coefficient (Wildman–Crippen LogP) is 3.85. The molecule has 3 aromatic rings. The van der Waals surface area contributed by atoms with E-state index in [0.29, 0.717) is 12.1 Å². The van der Waals surface area contributed by atoms with Crippen molar-refractivity contribution in [3.63, 3.8) is 0 Å². The van der Waals surface area contributed by atoms with Crippen LogP contribution in [0, 0.1) is 12.7 Å². The van der Waals surface area contributed by atoms with Crippen LogP contribution in [0.5, 0.6) is 0 Å². The number of aryl methyl sites for hydroxylation is 1. The van der Waals surface area contributed by atoms with E-state index in [4.69, 9.17) is 4.42 Å². The number of benzene rings is 2. The lowest BCUT2D eigenvalue weighted by Gasteiger charge is -2.19. The largest absolute Gasteiger partial charge is 0.412 e. The molecule has 0 fully saturated rings. The molecule has 0 aliphatic heterocycles. The van der Waals surface area contributed by atoms with E-state index in [1.807, 2.05) is 38.1 Å². The molecule has 122 valence electrons. The molecule has 0 unspecified atom stereocenters. The highest BCUT2D eigenvalue weighted by atomic mass is 19.1. The summed E-state index contributed by atoms with van der Waals surface area (Å²) in [6.45, 7) is 4.30. The normalized spacial score (nSPS) is 10.6. The molecule has 1 aromatic heterocycles. The number of anilines is 1. The molecule has 2 aromatic carbocycles. The van der Waals surface area contributed by atoms with Crippen LogP contribution in [0.25, 0.3) is 11.5 Å². The number of carbonyl (C=O) groups is 1. The first-order valence-electron chi connectivity index (χ1n) is 7.56. The molecule has 24 heavy (non-hydrogen) atoms. The average Bonchev–Trinajstić information content (AvgIpc) is 3.06. The van der Waals surface area contributed by atoms with Crippen LogP contribution in [0.1, 0.15) is 23.2 Å². The van der Waals surface area contributed by atoms with Crippen LogP contribution in [0.2, 0.25) is 0 Å². The number of nitrogens with zero attached hydrogens (tertiary/aromatic N) is 3. The van der Waals surface area contributed by atoms with Crippen molar-refractivity contribution in [1.82, 2.24) is 10.2 Å². The van der Waals surface area contributed by atoms with E-state index in [1.54, 1.807) is 4.90 Å². The number of rotatable bonds is 4. The van der Waals surface area contributed by atoms with E-state index in [0.717, 1.165) is 11.3 Å². The number of carbonyl (C=O) groups excluding carboxylic acids is 1. The summed E-state index contributed by atoms with van der Waals surface area (Å²) < 4.78 is 18.5. The van der Waals surface area contributed by atoms with Crippen molar-refractivity contribution < 1.29 is 13.6 Å².